The second kappa shape index (κ2) is 7.30. The molecule has 0 radical (unpaired) electrons. The third-order valence-corrected chi connectivity index (χ3v) is 5.37. The molecule has 1 N–H and O–H groups in total. The number of carbonyl (C=O) groups is 1. The van der Waals surface area contributed by atoms with Crippen molar-refractivity contribution >= 4 is 11.7 Å². The number of amides is 1. The molecule has 0 spiro atoms. The maximum Gasteiger partial charge on any atom is 0.225 e. The van der Waals surface area contributed by atoms with Crippen molar-refractivity contribution in [2.45, 2.75) is 77.2 Å². The van der Waals surface area contributed by atoms with E-state index in [4.69, 9.17) is 0 Å². The van der Waals surface area contributed by atoms with Crippen molar-refractivity contribution in [3.63, 3.8) is 0 Å². The molecule has 0 aliphatic heterocycles. The van der Waals surface area contributed by atoms with Crippen LogP contribution in [0.3, 0.4) is 0 Å². The van der Waals surface area contributed by atoms with Gasteiger partial charge in [-0.3, -0.25) is 4.79 Å². The van der Waals surface area contributed by atoms with Gasteiger partial charge in [0.15, 0.2) is 0 Å². The standard InChI is InChI=1S/C18H29N3O/c1-14(16-10-11-16)21-17(12-13-19-21)20-18(22)9-5-8-15-6-3-2-4-7-15/h12-16H,2-11H2,1H3,(H,20,22). The van der Waals surface area contributed by atoms with Gasteiger partial charge in [0, 0.05) is 12.5 Å². The van der Waals surface area contributed by atoms with Gasteiger partial charge in [-0.25, -0.2) is 4.68 Å². The Morgan fingerprint density at radius 3 is 2.82 bits per heavy atom. The first-order valence-electron chi connectivity index (χ1n) is 9.07. The van der Waals surface area contributed by atoms with E-state index in [1.54, 1.807) is 6.20 Å². The fraction of sp³-hybridized carbons (Fsp3) is 0.778. The van der Waals surface area contributed by atoms with E-state index in [1.807, 2.05) is 10.7 Å². The van der Waals surface area contributed by atoms with Crippen molar-refractivity contribution < 1.29 is 4.79 Å². The van der Waals surface area contributed by atoms with Crippen LogP contribution in [0.4, 0.5) is 5.82 Å². The molecule has 4 nitrogen and oxygen atoms in total. The van der Waals surface area contributed by atoms with Crippen LogP contribution in [0.25, 0.3) is 0 Å². The van der Waals surface area contributed by atoms with E-state index in [2.05, 4.69) is 17.3 Å². The summed E-state index contributed by atoms with van der Waals surface area (Å²) in [6.07, 6.45) is 14.1. The number of nitrogens with one attached hydrogen (secondary N) is 1. The molecule has 1 aromatic heterocycles. The normalized spacial score (nSPS) is 20.8. The summed E-state index contributed by atoms with van der Waals surface area (Å²) in [6, 6.07) is 2.31. The number of hydrogen-bond acceptors (Lipinski definition) is 2. The molecule has 22 heavy (non-hydrogen) atoms. The number of nitrogens with zero attached hydrogens (tertiary/aromatic N) is 2. The van der Waals surface area contributed by atoms with E-state index >= 15 is 0 Å². The molecular formula is C18H29N3O. The van der Waals surface area contributed by atoms with Crippen molar-refractivity contribution in [3.05, 3.63) is 12.3 Å². The number of carbonyl (C=O) groups excluding carboxylic acids is 1. The Morgan fingerprint density at radius 2 is 2.09 bits per heavy atom. The Labute approximate surface area is 133 Å². The lowest BCUT2D eigenvalue weighted by molar-refractivity contribution is -0.116. The predicted octanol–water partition coefficient (Wildman–Crippen LogP) is 4.54. The molecule has 4 heteroatoms. The zero-order valence-corrected chi connectivity index (χ0v) is 13.8. The van der Waals surface area contributed by atoms with Crippen LogP contribution in [0.5, 0.6) is 0 Å². The first kappa shape index (κ1) is 15.6. The van der Waals surface area contributed by atoms with Crippen molar-refractivity contribution in [2.24, 2.45) is 11.8 Å². The smallest absolute Gasteiger partial charge is 0.225 e. The van der Waals surface area contributed by atoms with E-state index in [-0.39, 0.29) is 5.91 Å². The fourth-order valence-corrected chi connectivity index (χ4v) is 3.75. The van der Waals surface area contributed by atoms with Crippen LogP contribution in [-0.2, 0) is 4.79 Å². The highest BCUT2D eigenvalue weighted by atomic mass is 16.1. The SMILES string of the molecule is CC(C1CC1)n1nccc1NC(=O)CCCC1CCCCC1. The molecule has 0 saturated heterocycles. The zero-order chi connectivity index (χ0) is 15.4. The molecule has 0 bridgehead atoms. The minimum absolute atomic E-state index is 0.139. The molecule has 1 unspecified atom stereocenters. The first-order valence-corrected chi connectivity index (χ1v) is 9.07. The minimum Gasteiger partial charge on any atom is -0.311 e. The Bertz CT molecular complexity index is 486. The monoisotopic (exact) mass is 303 g/mol. The van der Waals surface area contributed by atoms with Crippen molar-refractivity contribution in [2.75, 3.05) is 5.32 Å². The Hall–Kier alpha value is -1.32. The quantitative estimate of drug-likeness (QED) is 0.803. The van der Waals surface area contributed by atoms with E-state index in [0.717, 1.165) is 24.1 Å². The molecule has 2 fully saturated rings. The third-order valence-electron chi connectivity index (χ3n) is 5.37. The van der Waals surface area contributed by atoms with Crippen molar-refractivity contribution in [1.29, 1.82) is 0 Å². The Morgan fingerprint density at radius 1 is 1.32 bits per heavy atom. The average molecular weight is 303 g/mol. The molecule has 2 aliphatic rings. The number of aromatic nitrogens is 2. The van der Waals surface area contributed by atoms with E-state index in [0.29, 0.717) is 12.5 Å². The molecule has 1 atom stereocenters. The summed E-state index contributed by atoms with van der Waals surface area (Å²) in [5, 5.41) is 7.44. The molecule has 1 aromatic rings. The highest BCUT2D eigenvalue weighted by Crippen LogP contribution is 2.40. The first-order chi connectivity index (χ1) is 10.7. The van der Waals surface area contributed by atoms with E-state index in [9.17, 15) is 4.79 Å². The van der Waals surface area contributed by atoms with Gasteiger partial charge in [-0.05, 0) is 44.4 Å². The van der Waals surface area contributed by atoms with E-state index < -0.39 is 0 Å². The number of hydrogen-bond donors (Lipinski definition) is 1. The van der Waals surface area contributed by atoms with Crippen LogP contribution < -0.4 is 5.32 Å². The highest BCUT2D eigenvalue weighted by Gasteiger charge is 2.30. The summed E-state index contributed by atoms with van der Waals surface area (Å²) in [6.45, 7) is 2.20. The molecular weight excluding hydrogens is 274 g/mol. The van der Waals surface area contributed by atoms with Gasteiger partial charge in [-0.15, -0.1) is 0 Å². The molecule has 0 aromatic carbocycles. The van der Waals surface area contributed by atoms with Crippen molar-refractivity contribution in [1.82, 2.24) is 9.78 Å². The van der Waals surface area contributed by atoms with Gasteiger partial charge in [0.2, 0.25) is 5.91 Å². The maximum absolute atomic E-state index is 12.2. The summed E-state index contributed by atoms with van der Waals surface area (Å²) in [7, 11) is 0. The van der Waals surface area contributed by atoms with Crippen LogP contribution in [0.2, 0.25) is 0 Å². The molecule has 1 heterocycles. The second-order valence-corrected chi connectivity index (χ2v) is 7.18. The Kier molecular flexibility index (Phi) is 5.16. The summed E-state index contributed by atoms with van der Waals surface area (Å²) < 4.78 is 1.98. The highest BCUT2D eigenvalue weighted by molar-refractivity contribution is 5.89. The van der Waals surface area contributed by atoms with Gasteiger partial charge >= 0.3 is 0 Å². The second-order valence-electron chi connectivity index (χ2n) is 7.18. The minimum atomic E-state index is 0.139. The van der Waals surface area contributed by atoms with Gasteiger partial charge in [0.05, 0.1) is 12.2 Å². The van der Waals surface area contributed by atoms with Gasteiger partial charge in [-0.1, -0.05) is 32.1 Å². The van der Waals surface area contributed by atoms with Gasteiger partial charge in [0.25, 0.3) is 0 Å². The predicted molar refractivity (Wildman–Crippen MR) is 88.7 cm³/mol. The lowest BCUT2D eigenvalue weighted by atomic mass is 9.86. The van der Waals surface area contributed by atoms with Crippen LogP contribution in [-0.4, -0.2) is 15.7 Å². The summed E-state index contributed by atoms with van der Waals surface area (Å²) in [5.74, 6) is 2.60. The zero-order valence-electron chi connectivity index (χ0n) is 13.8. The van der Waals surface area contributed by atoms with Crippen molar-refractivity contribution in [3.8, 4) is 0 Å². The molecule has 1 amide bonds. The molecule has 122 valence electrons. The van der Waals surface area contributed by atoms with Crippen LogP contribution in [0.15, 0.2) is 12.3 Å². The largest absolute Gasteiger partial charge is 0.311 e. The summed E-state index contributed by atoms with van der Waals surface area (Å²) >= 11 is 0. The summed E-state index contributed by atoms with van der Waals surface area (Å²) in [4.78, 5) is 12.2. The molecule has 3 rings (SSSR count). The van der Waals surface area contributed by atoms with Gasteiger partial charge in [0.1, 0.15) is 5.82 Å². The Balaban J connectivity index is 1.42. The lowest BCUT2D eigenvalue weighted by Crippen LogP contribution is -2.18. The molecule has 2 saturated carbocycles. The topological polar surface area (TPSA) is 46.9 Å². The van der Waals surface area contributed by atoms with Crippen LogP contribution in [0.1, 0.15) is 77.2 Å². The fourth-order valence-electron chi connectivity index (χ4n) is 3.75. The van der Waals surface area contributed by atoms with Gasteiger partial charge < -0.3 is 5.32 Å². The number of rotatable bonds is 7. The maximum atomic E-state index is 12.2. The lowest BCUT2D eigenvalue weighted by Gasteiger charge is -2.21. The van der Waals surface area contributed by atoms with Crippen LogP contribution in [0, 0.1) is 11.8 Å². The van der Waals surface area contributed by atoms with Gasteiger partial charge in [-0.2, -0.15) is 5.10 Å². The molecule has 2 aliphatic carbocycles. The average Bonchev–Trinajstić information content (AvgIpc) is 3.28. The van der Waals surface area contributed by atoms with E-state index in [1.165, 1.54) is 51.4 Å². The van der Waals surface area contributed by atoms with Crippen LogP contribution >= 0.6 is 0 Å². The number of anilines is 1. The summed E-state index contributed by atoms with van der Waals surface area (Å²) in [5.41, 5.74) is 0. The third kappa shape index (κ3) is 4.11.